The van der Waals surface area contributed by atoms with Gasteiger partial charge >= 0.3 is 0 Å². The first-order chi connectivity index (χ1) is 16.0. The van der Waals surface area contributed by atoms with Gasteiger partial charge in [0, 0.05) is 31.9 Å². The Balaban J connectivity index is 1.46. The molecule has 4 rings (SSSR count). The molecule has 180 valence electrons. The summed E-state index contributed by atoms with van der Waals surface area (Å²) < 4.78 is 15.8. The fourth-order valence-electron chi connectivity index (χ4n) is 4.57. The van der Waals surface area contributed by atoms with Crippen LogP contribution in [0.2, 0.25) is 10.0 Å². The third kappa shape index (κ3) is 5.10. The van der Waals surface area contributed by atoms with Crippen molar-refractivity contribution in [2.75, 3.05) is 18.0 Å². The third-order valence-electron chi connectivity index (χ3n) is 6.54. The second-order valence-electron chi connectivity index (χ2n) is 9.42. The van der Waals surface area contributed by atoms with Crippen LogP contribution in [0.5, 0.6) is 0 Å². The molecule has 0 unspecified atom stereocenters. The average molecular weight is 504 g/mol. The van der Waals surface area contributed by atoms with Crippen molar-refractivity contribution < 1.29 is 9.18 Å². The van der Waals surface area contributed by atoms with Gasteiger partial charge in [-0.3, -0.25) is 4.79 Å². The number of hydrogen-bond donors (Lipinski definition) is 0. The fraction of sp³-hybridized carbons (Fsp3) is 0.440. The van der Waals surface area contributed by atoms with Gasteiger partial charge in [0.25, 0.3) is 0 Å². The molecule has 0 saturated carbocycles. The van der Waals surface area contributed by atoms with E-state index < -0.39 is 5.67 Å². The largest absolute Gasteiger partial charge is 0.356 e. The second kappa shape index (κ2) is 9.62. The number of rotatable bonds is 6. The molecule has 1 aliphatic heterocycles. The molecule has 6 nitrogen and oxygen atoms in total. The van der Waals surface area contributed by atoms with Crippen LogP contribution < -0.4 is 4.90 Å². The van der Waals surface area contributed by atoms with E-state index in [4.69, 9.17) is 23.2 Å². The highest BCUT2D eigenvalue weighted by Gasteiger charge is 2.33. The number of Topliss-reactive ketones (excluding diaryl/α,β-unsaturated/α-hetero) is 1. The van der Waals surface area contributed by atoms with Gasteiger partial charge in [0.1, 0.15) is 11.5 Å². The molecule has 9 heteroatoms. The first-order valence-electron chi connectivity index (χ1n) is 11.3. The summed E-state index contributed by atoms with van der Waals surface area (Å²) in [6, 6.07) is 3.59. The number of carbonyl (C=O) groups is 1. The van der Waals surface area contributed by atoms with E-state index in [0.29, 0.717) is 27.1 Å². The first-order valence-corrected chi connectivity index (χ1v) is 12.1. The number of ketones is 1. The molecule has 0 spiro atoms. The van der Waals surface area contributed by atoms with Crippen LogP contribution >= 0.6 is 23.2 Å². The van der Waals surface area contributed by atoms with E-state index in [2.05, 4.69) is 20.0 Å². The van der Waals surface area contributed by atoms with Crippen molar-refractivity contribution in [2.24, 2.45) is 5.92 Å². The van der Waals surface area contributed by atoms with Crippen molar-refractivity contribution in [3.63, 3.8) is 0 Å². The minimum absolute atomic E-state index is 0.0613. The number of aryl methyl sites for hydroxylation is 1. The molecule has 3 aromatic rings. The number of anilines is 1. The number of piperidine rings is 1. The number of aromatic nitrogens is 4. The predicted octanol–water partition coefficient (Wildman–Crippen LogP) is 5.98. The Morgan fingerprint density at radius 2 is 1.76 bits per heavy atom. The van der Waals surface area contributed by atoms with Gasteiger partial charge in [-0.05, 0) is 63.6 Å². The van der Waals surface area contributed by atoms with Crippen molar-refractivity contribution in [3.8, 4) is 5.82 Å². The van der Waals surface area contributed by atoms with Crippen molar-refractivity contribution in [1.29, 1.82) is 0 Å². The van der Waals surface area contributed by atoms with Crippen LogP contribution in [0.4, 0.5) is 10.2 Å². The Labute approximate surface area is 209 Å². The Morgan fingerprint density at radius 1 is 1.09 bits per heavy atom. The lowest BCUT2D eigenvalue weighted by atomic mass is 9.84. The number of pyridine rings is 2. The van der Waals surface area contributed by atoms with Gasteiger partial charge in [0.2, 0.25) is 0 Å². The summed E-state index contributed by atoms with van der Waals surface area (Å²) in [4.78, 5) is 24.1. The summed E-state index contributed by atoms with van der Waals surface area (Å²) in [5.74, 6) is 1.33. The number of halogens is 3. The topological polar surface area (TPSA) is 63.9 Å². The van der Waals surface area contributed by atoms with Gasteiger partial charge in [-0.2, -0.15) is 5.10 Å². The zero-order valence-corrected chi connectivity index (χ0v) is 21.3. The molecule has 0 amide bonds. The average Bonchev–Trinajstić information content (AvgIpc) is 3.14. The van der Waals surface area contributed by atoms with Gasteiger partial charge in [-0.25, -0.2) is 19.0 Å². The summed E-state index contributed by atoms with van der Waals surface area (Å²) >= 11 is 12.2. The summed E-state index contributed by atoms with van der Waals surface area (Å²) in [7, 11) is 0. The standard InChI is InChI=1S/C25H28Cl2FN5O/c1-15-9-17(12-29-23(15)32-7-5-18(6-8-32)25(3,4)28)10-22(34)20-14-31-33(16(20)2)24-21(27)11-19(26)13-30-24/h9,11-14,18H,5-8,10H2,1-4H3. The normalized spacial score (nSPS) is 15.1. The van der Waals surface area contributed by atoms with Gasteiger partial charge < -0.3 is 4.90 Å². The Hall–Kier alpha value is -2.51. The van der Waals surface area contributed by atoms with Gasteiger partial charge in [0.05, 0.1) is 27.5 Å². The fourth-order valence-corrected chi connectivity index (χ4v) is 5.03. The lowest BCUT2D eigenvalue weighted by molar-refractivity contribution is 0.0992. The molecular weight excluding hydrogens is 476 g/mol. The number of hydrogen-bond acceptors (Lipinski definition) is 5. The van der Waals surface area contributed by atoms with Gasteiger partial charge in [-0.1, -0.05) is 29.3 Å². The molecule has 0 radical (unpaired) electrons. The Kier molecular flexibility index (Phi) is 6.97. The highest BCUT2D eigenvalue weighted by Crippen LogP contribution is 2.33. The van der Waals surface area contributed by atoms with Crippen LogP contribution in [0, 0.1) is 19.8 Å². The maximum absolute atomic E-state index is 14.3. The molecule has 0 bridgehead atoms. The summed E-state index contributed by atoms with van der Waals surface area (Å²) in [5, 5.41) is 5.09. The van der Waals surface area contributed by atoms with Crippen LogP contribution in [-0.4, -0.2) is 44.3 Å². The van der Waals surface area contributed by atoms with Crippen LogP contribution in [-0.2, 0) is 6.42 Å². The van der Waals surface area contributed by atoms with Crippen LogP contribution in [0.1, 0.15) is 53.9 Å². The lowest BCUT2D eigenvalue weighted by Gasteiger charge is -2.37. The Bertz CT molecular complexity index is 1210. The van der Waals surface area contributed by atoms with Gasteiger partial charge in [-0.15, -0.1) is 0 Å². The van der Waals surface area contributed by atoms with E-state index in [0.717, 1.165) is 42.9 Å². The number of alkyl halides is 1. The summed E-state index contributed by atoms with van der Waals surface area (Å²) in [6.07, 6.45) is 6.60. The van der Waals surface area contributed by atoms with Crippen molar-refractivity contribution >= 4 is 34.8 Å². The number of nitrogens with zero attached hydrogens (tertiary/aromatic N) is 5. The maximum Gasteiger partial charge on any atom is 0.172 e. The first kappa shape index (κ1) is 24.6. The molecular formula is C25H28Cl2FN5O. The molecule has 3 aromatic heterocycles. The van der Waals surface area contributed by atoms with E-state index in [1.54, 1.807) is 30.8 Å². The SMILES string of the molecule is Cc1cc(CC(=O)c2cnn(-c3ncc(Cl)cc3Cl)c2C)cnc1N1CCC(C(C)(C)F)CC1. The van der Waals surface area contributed by atoms with E-state index in [-0.39, 0.29) is 18.1 Å². The molecule has 0 aromatic carbocycles. The monoisotopic (exact) mass is 503 g/mol. The van der Waals surface area contributed by atoms with E-state index in [9.17, 15) is 9.18 Å². The van der Waals surface area contributed by atoms with E-state index in [1.165, 1.54) is 12.4 Å². The van der Waals surface area contributed by atoms with Crippen LogP contribution in [0.15, 0.2) is 30.7 Å². The Morgan fingerprint density at radius 3 is 2.38 bits per heavy atom. The molecule has 4 heterocycles. The molecule has 34 heavy (non-hydrogen) atoms. The quantitative estimate of drug-likeness (QED) is 0.387. The highest BCUT2D eigenvalue weighted by atomic mass is 35.5. The van der Waals surface area contributed by atoms with E-state index >= 15 is 0 Å². The lowest BCUT2D eigenvalue weighted by Crippen LogP contribution is -2.40. The van der Waals surface area contributed by atoms with Crippen molar-refractivity contribution in [1.82, 2.24) is 19.7 Å². The van der Waals surface area contributed by atoms with Crippen LogP contribution in [0.3, 0.4) is 0 Å². The third-order valence-corrected chi connectivity index (χ3v) is 7.02. The van der Waals surface area contributed by atoms with Crippen LogP contribution in [0.25, 0.3) is 5.82 Å². The molecule has 1 aliphatic rings. The van der Waals surface area contributed by atoms with Crippen molar-refractivity contribution in [2.45, 2.75) is 52.6 Å². The molecule has 0 aliphatic carbocycles. The molecule has 0 N–H and O–H groups in total. The summed E-state index contributed by atoms with van der Waals surface area (Å²) in [5.41, 5.74) is 1.85. The predicted molar refractivity (Wildman–Crippen MR) is 133 cm³/mol. The molecule has 1 fully saturated rings. The minimum Gasteiger partial charge on any atom is -0.356 e. The maximum atomic E-state index is 14.3. The van der Waals surface area contributed by atoms with Gasteiger partial charge in [0.15, 0.2) is 11.6 Å². The zero-order chi connectivity index (χ0) is 24.6. The summed E-state index contributed by atoms with van der Waals surface area (Å²) in [6.45, 7) is 8.69. The van der Waals surface area contributed by atoms with E-state index in [1.807, 2.05) is 19.9 Å². The number of carbonyl (C=O) groups excluding carboxylic acids is 1. The smallest absolute Gasteiger partial charge is 0.172 e. The zero-order valence-electron chi connectivity index (χ0n) is 19.8. The second-order valence-corrected chi connectivity index (χ2v) is 10.3. The minimum atomic E-state index is -1.15. The molecule has 0 atom stereocenters. The highest BCUT2D eigenvalue weighted by molar-refractivity contribution is 6.35. The molecule has 1 saturated heterocycles. The van der Waals surface area contributed by atoms with Crippen molar-refractivity contribution in [3.05, 3.63) is 63.2 Å².